The molecule has 2 aromatic rings. The number of hydrogen-bond donors (Lipinski definition) is 2. The molecule has 0 spiro atoms. The van der Waals surface area contributed by atoms with Crippen molar-refractivity contribution in [1.29, 1.82) is 0 Å². The van der Waals surface area contributed by atoms with Gasteiger partial charge in [-0.15, -0.1) is 0 Å². The van der Waals surface area contributed by atoms with Crippen LogP contribution in [-0.4, -0.2) is 16.1 Å². The van der Waals surface area contributed by atoms with Crippen molar-refractivity contribution in [2.45, 2.75) is 13.3 Å². The Morgan fingerprint density at radius 1 is 1.41 bits per heavy atom. The first kappa shape index (κ1) is 11.2. The second-order valence-corrected chi connectivity index (χ2v) is 3.59. The quantitative estimate of drug-likeness (QED) is 0.846. The van der Waals surface area contributed by atoms with E-state index in [9.17, 15) is 4.79 Å². The zero-order valence-corrected chi connectivity index (χ0v) is 9.30. The summed E-state index contributed by atoms with van der Waals surface area (Å²) in [5, 5.41) is 8.95. The fraction of sp³-hybridized carbons (Fsp3) is 0.167. The first-order chi connectivity index (χ1) is 8.11. The van der Waals surface area contributed by atoms with Crippen LogP contribution in [0.5, 0.6) is 0 Å². The molecule has 88 valence electrons. The third-order valence-electron chi connectivity index (χ3n) is 2.47. The zero-order valence-electron chi connectivity index (χ0n) is 9.30. The molecule has 1 aromatic heterocycles. The highest BCUT2D eigenvalue weighted by atomic mass is 16.4. The van der Waals surface area contributed by atoms with Gasteiger partial charge in [0.1, 0.15) is 5.69 Å². The Bertz CT molecular complexity index is 543. The SMILES string of the molecule is CCc1ccc(-c2nc(N)oc2C(=O)O)cc1. The predicted octanol–water partition coefficient (Wildman–Crippen LogP) is 2.18. The van der Waals surface area contributed by atoms with Gasteiger partial charge in [-0.05, 0) is 12.0 Å². The van der Waals surface area contributed by atoms with E-state index >= 15 is 0 Å². The highest BCUT2D eigenvalue weighted by Crippen LogP contribution is 2.25. The summed E-state index contributed by atoms with van der Waals surface area (Å²) >= 11 is 0. The Balaban J connectivity index is 2.48. The largest absolute Gasteiger partial charge is 0.475 e. The first-order valence-electron chi connectivity index (χ1n) is 5.20. The van der Waals surface area contributed by atoms with Crippen molar-refractivity contribution < 1.29 is 14.3 Å². The number of aryl methyl sites for hydroxylation is 1. The van der Waals surface area contributed by atoms with Crippen LogP contribution in [0.25, 0.3) is 11.3 Å². The van der Waals surface area contributed by atoms with Crippen LogP contribution < -0.4 is 5.73 Å². The fourth-order valence-electron chi connectivity index (χ4n) is 1.58. The summed E-state index contributed by atoms with van der Waals surface area (Å²) < 4.78 is 4.85. The van der Waals surface area contributed by atoms with Crippen molar-refractivity contribution >= 4 is 12.0 Å². The standard InChI is InChI=1S/C12H12N2O3/c1-2-7-3-5-8(6-4-7)9-10(11(15)16)17-12(13)14-9/h3-6H,2H2,1H3,(H2,13,14)(H,15,16). The van der Waals surface area contributed by atoms with Gasteiger partial charge < -0.3 is 15.3 Å². The Kier molecular flexibility index (Phi) is 2.82. The van der Waals surface area contributed by atoms with Crippen LogP contribution in [0.15, 0.2) is 28.7 Å². The number of nitrogen functional groups attached to an aromatic ring is 1. The second kappa shape index (κ2) is 4.29. The molecule has 17 heavy (non-hydrogen) atoms. The zero-order chi connectivity index (χ0) is 12.4. The smallest absolute Gasteiger partial charge is 0.374 e. The highest BCUT2D eigenvalue weighted by Gasteiger charge is 2.19. The minimum absolute atomic E-state index is 0.142. The second-order valence-electron chi connectivity index (χ2n) is 3.59. The molecule has 0 fully saturated rings. The summed E-state index contributed by atoms with van der Waals surface area (Å²) in [4.78, 5) is 14.8. The van der Waals surface area contributed by atoms with Gasteiger partial charge in [0.2, 0.25) is 5.76 Å². The number of carboxylic acids is 1. The maximum absolute atomic E-state index is 10.9. The minimum Gasteiger partial charge on any atom is -0.475 e. The number of oxazole rings is 1. The molecule has 3 N–H and O–H groups in total. The van der Waals surface area contributed by atoms with E-state index in [1.165, 1.54) is 5.56 Å². The molecule has 0 aliphatic carbocycles. The van der Waals surface area contributed by atoms with Gasteiger partial charge >= 0.3 is 5.97 Å². The molecule has 2 rings (SSSR count). The molecule has 0 atom stereocenters. The molecule has 0 radical (unpaired) electrons. The molecule has 1 heterocycles. The number of hydrogen-bond acceptors (Lipinski definition) is 4. The van der Waals surface area contributed by atoms with Crippen molar-refractivity contribution in [2.75, 3.05) is 5.73 Å². The summed E-state index contributed by atoms with van der Waals surface area (Å²) in [6.45, 7) is 2.05. The van der Waals surface area contributed by atoms with Gasteiger partial charge in [-0.1, -0.05) is 31.2 Å². The summed E-state index contributed by atoms with van der Waals surface area (Å²) in [5.74, 6) is -1.41. The number of nitrogens with zero attached hydrogens (tertiary/aromatic N) is 1. The van der Waals surface area contributed by atoms with Crippen LogP contribution in [0.2, 0.25) is 0 Å². The molecular formula is C12H12N2O3. The molecule has 0 aliphatic rings. The van der Waals surface area contributed by atoms with Crippen LogP contribution in [-0.2, 0) is 6.42 Å². The molecule has 5 heteroatoms. The van der Waals surface area contributed by atoms with Gasteiger partial charge in [-0.2, -0.15) is 4.98 Å². The highest BCUT2D eigenvalue weighted by molar-refractivity contribution is 5.92. The van der Waals surface area contributed by atoms with Crippen LogP contribution in [0, 0.1) is 0 Å². The summed E-state index contributed by atoms with van der Waals surface area (Å²) in [7, 11) is 0. The van der Waals surface area contributed by atoms with E-state index in [1.807, 2.05) is 31.2 Å². The normalized spacial score (nSPS) is 10.4. The van der Waals surface area contributed by atoms with E-state index in [-0.39, 0.29) is 17.5 Å². The number of carbonyl (C=O) groups is 1. The predicted molar refractivity (Wildman–Crippen MR) is 62.7 cm³/mol. The number of aromatic carboxylic acids is 1. The lowest BCUT2D eigenvalue weighted by Gasteiger charge is -1.99. The average molecular weight is 232 g/mol. The molecular weight excluding hydrogens is 220 g/mol. The van der Waals surface area contributed by atoms with E-state index in [4.69, 9.17) is 15.3 Å². The van der Waals surface area contributed by atoms with Crippen molar-refractivity contribution in [2.24, 2.45) is 0 Å². The van der Waals surface area contributed by atoms with Crippen molar-refractivity contribution in [3.8, 4) is 11.3 Å². The van der Waals surface area contributed by atoms with E-state index in [0.29, 0.717) is 5.56 Å². The Morgan fingerprint density at radius 3 is 2.59 bits per heavy atom. The third kappa shape index (κ3) is 2.13. The summed E-state index contributed by atoms with van der Waals surface area (Å²) in [5.41, 5.74) is 7.48. The minimum atomic E-state index is -1.18. The molecule has 1 aromatic carbocycles. The van der Waals surface area contributed by atoms with Crippen LogP contribution in [0.1, 0.15) is 23.0 Å². The van der Waals surface area contributed by atoms with E-state index < -0.39 is 5.97 Å². The Morgan fingerprint density at radius 2 is 2.06 bits per heavy atom. The number of benzene rings is 1. The van der Waals surface area contributed by atoms with Gasteiger partial charge in [-0.3, -0.25) is 0 Å². The van der Waals surface area contributed by atoms with Crippen molar-refractivity contribution in [3.63, 3.8) is 0 Å². The van der Waals surface area contributed by atoms with Crippen LogP contribution in [0.3, 0.4) is 0 Å². The molecule has 0 aliphatic heterocycles. The van der Waals surface area contributed by atoms with Crippen molar-refractivity contribution in [1.82, 2.24) is 4.98 Å². The maximum Gasteiger partial charge on any atom is 0.374 e. The lowest BCUT2D eigenvalue weighted by Crippen LogP contribution is -1.96. The molecule has 5 nitrogen and oxygen atoms in total. The number of rotatable bonds is 3. The Labute approximate surface area is 97.9 Å². The van der Waals surface area contributed by atoms with Gasteiger partial charge in [0.15, 0.2) is 0 Å². The van der Waals surface area contributed by atoms with Gasteiger partial charge in [0.25, 0.3) is 6.01 Å². The number of nitrogens with two attached hydrogens (primary N) is 1. The van der Waals surface area contributed by atoms with Crippen LogP contribution >= 0.6 is 0 Å². The monoisotopic (exact) mass is 232 g/mol. The summed E-state index contributed by atoms with van der Waals surface area (Å²) in [6, 6.07) is 7.32. The molecule has 0 saturated carbocycles. The van der Waals surface area contributed by atoms with Gasteiger partial charge in [0, 0.05) is 5.56 Å². The molecule has 0 saturated heterocycles. The summed E-state index contributed by atoms with van der Waals surface area (Å²) in [6.07, 6.45) is 0.924. The van der Waals surface area contributed by atoms with Crippen molar-refractivity contribution in [3.05, 3.63) is 35.6 Å². The van der Waals surface area contributed by atoms with E-state index in [1.54, 1.807) is 0 Å². The Hall–Kier alpha value is -2.30. The molecule has 0 bridgehead atoms. The lowest BCUT2D eigenvalue weighted by atomic mass is 10.1. The molecule has 0 unspecified atom stereocenters. The topological polar surface area (TPSA) is 89.4 Å². The lowest BCUT2D eigenvalue weighted by molar-refractivity contribution is 0.0665. The number of aromatic nitrogens is 1. The van der Waals surface area contributed by atoms with Crippen LogP contribution in [0.4, 0.5) is 6.01 Å². The fourth-order valence-corrected chi connectivity index (χ4v) is 1.58. The van der Waals surface area contributed by atoms with Gasteiger partial charge in [-0.25, -0.2) is 4.79 Å². The van der Waals surface area contributed by atoms with E-state index in [0.717, 1.165) is 6.42 Å². The third-order valence-corrected chi connectivity index (χ3v) is 2.47. The number of carboxylic acid groups (broad SMARTS) is 1. The maximum atomic E-state index is 10.9. The number of anilines is 1. The first-order valence-corrected chi connectivity index (χ1v) is 5.20. The van der Waals surface area contributed by atoms with E-state index in [2.05, 4.69) is 4.98 Å². The molecule has 0 amide bonds. The average Bonchev–Trinajstić information content (AvgIpc) is 2.72. The van der Waals surface area contributed by atoms with Gasteiger partial charge in [0.05, 0.1) is 0 Å².